The minimum absolute atomic E-state index is 0.0134. The van der Waals surface area contributed by atoms with Crippen LogP contribution in [0, 0.1) is 0 Å². The zero-order valence-corrected chi connectivity index (χ0v) is 9.01. The van der Waals surface area contributed by atoms with Crippen molar-refractivity contribution in [1.82, 2.24) is 0 Å². The first-order valence-corrected chi connectivity index (χ1v) is 5.05. The number of carbonyl (C=O) groups excluding carboxylic acids is 1. The van der Waals surface area contributed by atoms with E-state index in [1.54, 1.807) is 19.2 Å². The van der Waals surface area contributed by atoms with E-state index in [0.717, 1.165) is 0 Å². The zero-order valence-electron chi connectivity index (χ0n) is 9.01. The van der Waals surface area contributed by atoms with Crippen LogP contribution in [0.1, 0.15) is 15.9 Å². The Morgan fingerprint density at radius 3 is 2.31 bits per heavy atom. The quantitative estimate of drug-likeness (QED) is 0.731. The first-order chi connectivity index (χ1) is 7.81. The van der Waals surface area contributed by atoms with E-state index in [9.17, 15) is 4.79 Å². The zero-order chi connectivity index (χ0) is 11.4. The predicted octanol–water partition coefficient (Wildman–Crippen LogP) is 2.93. The molecule has 2 aromatic rings. The average molecular weight is 212 g/mol. The van der Waals surface area contributed by atoms with Crippen molar-refractivity contribution in [1.29, 1.82) is 0 Å². The lowest BCUT2D eigenvalue weighted by Gasteiger charge is -2.03. The van der Waals surface area contributed by atoms with Crippen LogP contribution in [0.25, 0.3) is 0 Å². The second-order valence-electron chi connectivity index (χ2n) is 3.43. The molecular weight excluding hydrogens is 200 g/mol. The van der Waals surface area contributed by atoms with Gasteiger partial charge < -0.3 is 4.74 Å². The topological polar surface area (TPSA) is 26.3 Å². The van der Waals surface area contributed by atoms with Crippen molar-refractivity contribution in [3.8, 4) is 5.75 Å². The Balaban J connectivity index is 2.34. The van der Waals surface area contributed by atoms with E-state index >= 15 is 0 Å². The summed E-state index contributed by atoms with van der Waals surface area (Å²) in [5, 5.41) is 0. The van der Waals surface area contributed by atoms with Crippen LogP contribution < -0.4 is 4.74 Å². The lowest BCUT2D eigenvalue weighted by Crippen LogP contribution is -2.00. The second kappa shape index (κ2) is 4.62. The molecule has 0 N–H and O–H groups in total. The molecule has 0 bridgehead atoms. The third-order valence-electron chi connectivity index (χ3n) is 2.37. The van der Waals surface area contributed by atoms with Gasteiger partial charge in [0.05, 0.1) is 7.11 Å². The molecule has 0 aromatic heterocycles. The summed E-state index contributed by atoms with van der Waals surface area (Å²) in [6.45, 7) is 0. The van der Waals surface area contributed by atoms with E-state index < -0.39 is 0 Å². The van der Waals surface area contributed by atoms with Crippen LogP contribution in [-0.4, -0.2) is 12.9 Å². The van der Waals surface area contributed by atoms with Gasteiger partial charge >= 0.3 is 0 Å². The molecule has 0 atom stereocenters. The number of hydrogen-bond donors (Lipinski definition) is 0. The van der Waals surface area contributed by atoms with Gasteiger partial charge in [-0.1, -0.05) is 42.5 Å². The molecular formula is C14H12O2. The Morgan fingerprint density at radius 2 is 1.62 bits per heavy atom. The molecule has 0 heterocycles. The molecule has 0 fully saturated rings. The first-order valence-electron chi connectivity index (χ1n) is 5.05. The minimum Gasteiger partial charge on any atom is -0.497 e. The number of ketones is 1. The van der Waals surface area contributed by atoms with E-state index in [2.05, 4.69) is 0 Å². The monoisotopic (exact) mass is 212 g/mol. The fourth-order valence-corrected chi connectivity index (χ4v) is 1.52. The molecule has 2 aromatic carbocycles. The van der Waals surface area contributed by atoms with Crippen LogP contribution in [0.3, 0.4) is 0 Å². The van der Waals surface area contributed by atoms with Gasteiger partial charge in [0.1, 0.15) is 5.75 Å². The molecule has 0 spiro atoms. The second-order valence-corrected chi connectivity index (χ2v) is 3.43. The van der Waals surface area contributed by atoms with Crippen LogP contribution in [0.15, 0.2) is 54.6 Å². The number of benzene rings is 2. The van der Waals surface area contributed by atoms with E-state index in [-0.39, 0.29) is 5.78 Å². The number of carbonyl (C=O) groups is 1. The SMILES string of the molecule is COc1cccc(C(=O)c2ccccc2)c1. The fraction of sp³-hybridized carbons (Fsp3) is 0.0714. The molecule has 16 heavy (non-hydrogen) atoms. The summed E-state index contributed by atoms with van der Waals surface area (Å²) in [6, 6.07) is 16.4. The molecule has 0 saturated heterocycles. The molecule has 2 heteroatoms. The highest BCUT2D eigenvalue weighted by atomic mass is 16.5. The van der Waals surface area contributed by atoms with Crippen molar-refractivity contribution >= 4 is 5.78 Å². The van der Waals surface area contributed by atoms with Crippen molar-refractivity contribution in [2.75, 3.05) is 7.11 Å². The average Bonchev–Trinajstić information content (AvgIpc) is 2.39. The highest BCUT2D eigenvalue weighted by molar-refractivity contribution is 6.09. The Hall–Kier alpha value is -2.09. The summed E-state index contributed by atoms with van der Waals surface area (Å²) in [4.78, 5) is 12.1. The molecule has 0 unspecified atom stereocenters. The van der Waals surface area contributed by atoms with Crippen molar-refractivity contribution in [2.45, 2.75) is 0 Å². The Kier molecular flexibility index (Phi) is 3.01. The lowest BCUT2D eigenvalue weighted by molar-refractivity contribution is 0.103. The van der Waals surface area contributed by atoms with E-state index in [1.807, 2.05) is 42.5 Å². The highest BCUT2D eigenvalue weighted by Gasteiger charge is 2.08. The van der Waals surface area contributed by atoms with Crippen molar-refractivity contribution in [2.24, 2.45) is 0 Å². The Labute approximate surface area is 94.5 Å². The summed E-state index contributed by atoms with van der Waals surface area (Å²) >= 11 is 0. The minimum atomic E-state index is 0.0134. The number of ether oxygens (including phenoxy) is 1. The van der Waals surface area contributed by atoms with E-state index in [4.69, 9.17) is 4.74 Å². The smallest absolute Gasteiger partial charge is 0.193 e. The standard InChI is InChI=1S/C14H12O2/c1-16-13-9-5-8-12(10-13)14(15)11-6-3-2-4-7-11/h2-10H,1H3. The van der Waals surface area contributed by atoms with Crippen LogP contribution in [0.2, 0.25) is 0 Å². The predicted molar refractivity (Wildman–Crippen MR) is 62.9 cm³/mol. The van der Waals surface area contributed by atoms with Gasteiger partial charge in [-0.3, -0.25) is 4.79 Å². The summed E-state index contributed by atoms with van der Waals surface area (Å²) in [6.07, 6.45) is 0. The number of methoxy groups -OCH3 is 1. The van der Waals surface area contributed by atoms with Gasteiger partial charge in [-0.25, -0.2) is 0 Å². The van der Waals surface area contributed by atoms with E-state index in [0.29, 0.717) is 16.9 Å². The maximum Gasteiger partial charge on any atom is 0.193 e. The fourth-order valence-electron chi connectivity index (χ4n) is 1.52. The molecule has 0 aliphatic rings. The van der Waals surface area contributed by atoms with E-state index in [1.165, 1.54) is 0 Å². The van der Waals surface area contributed by atoms with Gasteiger partial charge in [-0.15, -0.1) is 0 Å². The first kappa shape index (κ1) is 10.4. The van der Waals surface area contributed by atoms with Crippen LogP contribution in [0.4, 0.5) is 0 Å². The van der Waals surface area contributed by atoms with Gasteiger partial charge in [0.25, 0.3) is 0 Å². The van der Waals surface area contributed by atoms with Crippen LogP contribution >= 0.6 is 0 Å². The number of rotatable bonds is 3. The highest BCUT2D eigenvalue weighted by Crippen LogP contribution is 2.15. The van der Waals surface area contributed by atoms with Crippen molar-refractivity contribution in [3.05, 3.63) is 65.7 Å². The largest absolute Gasteiger partial charge is 0.497 e. The maximum atomic E-state index is 12.1. The molecule has 0 amide bonds. The van der Waals surface area contributed by atoms with Crippen LogP contribution in [-0.2, 0) is 0 Å². The molecule has 0 aliphatic heterocycles. The van der Waals surface area contributed by atoms with Crippen LogP contribution in [0.5, 0.6) is 5.75 Å². The lowest BCUT2D eigenvalue weighted by atomic mass is 10.0. The summed E-state index contributed by atoms with van der Waals surface area (Å²) in [5.74, 6) is 0.710. The summed E-state index contributed by atoms with van der Waals surface area (Å²) in [7, 11) is 1.59. The third kappa shape index (κ3) is 2.11. The molecule has 0 aliphatic carbocycles. The third-order valence-corrected chi connectivity index (χ3v) is 2.37. The van der Waals surface area contributed by atoms with Crippen molar-refractivity contribution < 1.29 is 9.53 Å². The molecule has 2 nitrogen and oxygen atoms in total. The van der Waals surface area contributed by atoms with Gasteiger partial charge in [0.2, 0.25) is 0 Å². The maximum absolute atomic E-state index is 12.1. The van der Waals surface area contributed by atoms with Crippen molar-refractivity contribution in [3.63, 3.8) is 0 Å². The number of hydrogen-bond acceptors (Lipinski definition) is 2. The summed E-state index contributed by atoms with van der Waals surface area (Å²) < 4.78 is 5.09. The summed E-state index contributed by atoms with van der Waals surface area (Å²) in [5.41, 5.74) is 1.33. The molecule has 0 saturated carbocycles. The van der Waals surface area contributed by atoms with Gasteiger partial charge in [0, 0.05) is 11.1 Å². The van der Waals surface area contributed by atoms with Gasteiger partial charge in [-0.2, -0.15) is 0 Å². The van der Waals surface area contributed by atoms with Gasteiger partial charge in [0.15, 0.2) is 5.78 Å². The van der Waals surface area contributed by atoms with Gasteiger partial charge in [-0.05, 0) is 12.1 Å². The molecule has 80 valence electrons. The molecule has 2 rings (SSSR count). The Morgan fingerprint density at radius 1 is 0.938 bits per heavy atom. The normalized spacial score (nSPS) is 9.81. The Bertz CT molecular complexity index is 489. The molecule has 0 radical (unpaired) electrons.